The van der Waals surface area contributed by atoms with Crippen molar-refractivity contribution in [3.05, 3.63) is 36.4 Å². The van der Waals surface area contributed by atoms with Crippen LogP contribution in [0.25, 0.3) is 0 Å². The molecule has 0 spiro atoms. The Bertz CT molecular complexity index is 424. The van der Waals surface area contributed by atoms with Gasteiger partial charge in [0.25, 0.3) is 0 Å². The summed E-state index contributed by atoms with van der Waals surface area (Å²) < 4.78 is 2.58. The molecule has 0 N–H and O–H groups in total. The Kier molecular flexibility index (Phi) is 7.60. The molecule has 0 nitrogen and oxygen atoms in total. The minimum atomic E-state index is 0.427. The molecular weight excluding hydrogens is 324 g/mol. The second-order valence-electron chi connectivity index (χ2n) is 5.83. The number of hydrogen-bond acceptors (Lipinski definition) is 3. The molecule has 5 rings (SSSR count). The second-order valence-corrected chi connectivity index (χ2v) is 11.0. The number of benzene rings is 1. The zero-order valence-corrected chi connectivity index (χ0v) is 16.2. The molecule has 0 atom stereocenters. The van der Waals surface area contributed by atoms with Crippen molar-refractivity contribution in [1.82, 2.24) is 0 Å². The van der Waals surface area contributed by atoms with Crippen LogP contribution in [-0.2, 0) is 0 Å². The van der Waals surface area contributed by atoms with Crippen LogP contribution in [0, 0.1) is 17.3 Å². The van der Waals surface area contributed by atoms with Crippen LogP contribution >= 0.6 is 35.3 Å². The van der Waals surface area contributed by atoms with E-state index in [0.717, 1.165) is 13.7 Å². The largest absolute Gasteiger partial charge is 0.133 e. The summed E-state index contributed by atoms with van der Waals surface area (Å²) in [5, 5.41) is 0. The monoisotopic (exact) mass is 350 g/mol. The predicted molar refractivity (Wildman–Crippen MR) is 106 cm³/mol. The first-order valence-electron chi connectivity index (χ1n) is 8.11. The van der Waals surface area contributed by atoms with E-state index in [2.05, 4.69) is 61.0 Å². The molecule has 120 valence electrons. The van der Waals surface area contributed by atoms with Crippen molar-refractivity contribution in [2.24, 2.45) is 5.41 Å². The van der Waals surface area contributed by atoms with E-state index in [-0.39, 0.29) is 0 Å². The van der Waals surface area contributed by atoms with Gasteiger partial charge in [-0.2, -0.15) is 0 Å². The third-order valence-electron chi connectivity index (χ3n) is 3.64. The van der Waals surface area contributed by atoms with Crippen LogP contribution in [0.5, 0.6) is 0 Å². The summed E-state index contributed by atoms with van der Waals surface area (Å²) in [6.45, 7) is 6.24. The molecule has 0 amide bonds. The lowest BCUT2D eigenvalue weighted by molar-refractivity contribution is 0.322. The normalized spacial score (nSPS) is 33.5. The Hall–Kier alpha value is -0.170. The number of rotatable bonds is 0. The molecule has 4 saturated heterocycles. The molecule has 22 heavy (non-hydrogen) atoms. The van der Waals surface area contributed by atoms with Crippen LogP contribution in [-0.4, -0.2) is 13.7 Å². The van der Waals surface area contributed by atoms with E-state index < -0.39 is 0 Å². The lowest BCUT2D eigenvalue weighted by Crippen LogP contribution is -2.43. The first-order chi connectivity index (χ1) is 10.7. The van der Waals surface area contributed by atoms with Crippen LogP contribution in [0.1, 0.15) is 46.5 Å². The smallest absolute Gasteiger partial charge is 0.0539 e. The fraction of sp³-hybridized carbons (Fsp3) is 0.579. The van der Waals surface area contributed by atoms with Gasteiger partial charge in [0.1, 0.15) is 0 Å². The predicted octanol–water partition coefficient (Wildman–Crippen LogP) is 6.49. The summed E-state index contributed by atoms with van der Waals surface area (Å²) in [6, 6.07) is 12.0. The maximum atomic E-state index is 3.50. The average molecular weight is 351 g/mol. The van der Waals surface area contributed by atoms with Crippen molar-refractivity contribution in [3.63, 3.8) is 0 Å². The van der Waals surface area contributed by atoms with Gasteiger partial charge in [0, 0.05) is 5.41 Å². The van der Waals surface area contributed by atoms with Gasteiger partial charge in [-0.15, -0.1) is 41.2 Å². The Morgan fingerprint density at radius 1 is 0.818 bits per heavy atom. The molecule has 4 bridgehead atoms. The Balaban J connectivity index is 0.000000165. The van der Waals surface area contributed by atoms with Crippen LogP contribution in [0.4, 0.5) is 0 Å². The molecule has 0 aliphatic carbocycles. The van der Waals surface area contributed by atoms with Gasteiger partial charge in [-0.3, -0.25) is 0 Å². The van der Waals surface area contributed by atoms with Gasteiger partial charge in [-0.1, -0.05) is 62.6 Å². The van der Waals surface area contributed by atoms with E-state index >= 15 is 0 Å². The lowest BCUT2D eigenvalue weighted by atomic mass is 9.79. The lowest BCUT2D eigenvalue weighted by Gasteiger charge is -2.53. The molecular formula is C19H26S3. The highest BCUT2D eigenvalue weighted by Gasteiger charge is 2.51. The molecule has 0 unspecified atom stereocenters. The summed E-state index contributed by atoms with van der Waals surface area (Å²) in [5.74, 6) is 6.65. The first kappa shape index (κ1) is 18.2. The molecule has 3 heteroatoms. The number of hydrogen-bond donors (Lipinski definition) is 0. The van der Waals surface area contributed by atoms with Gasteiger partial charge < -0.3 is 0 Å². The standard InChI is InChI=1S/C10H12S3.C6H6.C3H8/c1-2-3-10-4-7-11-8(5-10)13-9(6-10)12-7;1-2-4-6-5-3-1;1-3-2/h7-9H,4-6H2,1H3;1-6H;3H2,1-2H3. The summed E-state index contributed by atoms with van der Waals surface area (Å²) in [6.07, 6.45) is 5.28. The van der Waals surface area contributed by atoms with Crippen molar-refractivity contribution < 1.29 is 0 Å². The minimum absolute atomic E-state index is 0.427. The van der Waals surface area contributed by atoms with Crippen molar-refractivity contribution in [2.75, 3.05) is 0 Å². The fourth-order valence-corrected chi connectivity index (χ4v) is 10.2. The summed E-state index contributed by atoms with van der Waals surface area (Å²) in [5.41, 5.74) is 0.427. The van der Waals surface area contributed by atoms with Crippen molar-refractivity contribution >= 4 is 35.3 Å². The molecule has 1 aromatic rings. The molecule has 0 radical (unpaired) electrons. The van der Waals surface area contributed by atoms with Crippen LogP contribution < -0.4 is 0 Å². The number of thioether (sulfide) groups is 3. The van der Waals surface area contributed by atoms with Gasteiger partial charge in [-0.05, 0) is 26.2 Å². The van der Waals surface area contributed by atoms with Gasteiger partial charge in [-0.25, -0.2) is 0 Å². The van der Waals surface area contributed by atoms with Crippen molar-refractivity contribution in [2.45, 2.75) is 60.2 Å². The quantitative estimate of drug-likeness (QED) is 0.491. The van der Waals surface area contributed by atoms with E-state index in [4.69, 9.17) is 0 Å². The first-order valence-corrected chi connectivity index (χ1v) is 10.9. The zero-order valence-electron chi connectivity index (χ0n) is 13.7. The summed E-state index contributed by atoms with van der Waals surface area (Å²) in [7, 11) is 0. The Morgan fingerprint density at radius 2 is 1.14 bits per heavy atom. The SMILES string of the molecule is CC#CC12CC3SC(C1)SC(C2)S3.CCC.c1ccccc1. The molecule has 1 aromatic carbocycles. The van der Waals surface area contributed by atoms with Gasteiger partial charge in [0.2, 0.25) is 0 Å². The average Bonchev–Trinajstić information content (AvgIpc) is 2.49. The third-order valence-corrected chi connectivity index (χ3v) is 8.46. The molecule has 4 fully saturated rings. The van der Waals surface area contributed by atoms with Crippen molar-refractivity contribution in [3.8, 4) is 11.8 Å². The minimum Gasteiger partial charge on any atom is -0.133 e. The summed E-state index contributed by atoms with van der Waals surface area (Å²) >= 11 is 6.57. The second kappa shape index (κ2) is 9.21. The zero-order chi connectivity index (χ0) is 15.8. The van der Waals surface area contributed by atoms with E-state index in [1.165, 1.54) is 25.7 Å². The molecule has 4 heterocycles. The highest BCUT2D eigenvalue weighted by molar-refractivity contribution is 8.33. The third kappa shape index (κ3) is 5.18. The van der Waals surface area contributed by atoms with E-state index in [1.54, 1.807) is 0 Å². The highest BCUT2D eigenvalue weighted by atomic mass is 32.3. The van der Waals surface area contributed by atoms with E-state index in [1.807, 2.05) is 43.3 Å². The van der Waals surface area contributed by atoms with Crippen LogP contribution in [0.2, 0.25) is 0 Å². The van der Waals surface area contributed by atoms with Crippen LogP contribution in [0.15, 0.2) is 36.4 Å². The maximum absolute atomic E-state index is 3.50. The highest BCUT2D eigenvalue weighted by Crippen LogP contribution is 2.66. The Morgan fingerprint density at radius 3 is 1.41 bits per heavy atom. The van der Waals surface area contributed by atoms with Gasteiger partial charge in [0.15, 0.2) is 0 Å². The molecule has 0 saturated carbocycles. The maximum Gasteiger partial charge on any atom is 0.0539 e. The molecule has 4 aliphatic rings. The van der Waals surface area contributed by atoms with Gasteiger partial charge in [0.05, 0.1) is 13.7 Å². The van der Waals surface area contributed by atoms with Crippen molar-refractivity contribution in [1.29, 1.82) is 0 Å². The van der Waals surface area contributed by atoms with E-state index in [0.29, 0.717) is 5.41 Å². The molecule has 4 aliphatic heterocycles. The summed E-state index contributed by atoms with van der Waals surface area (Å²) in [4.78, 5) is 0. The van der Waals surface area contributed by atoms with E-state index in [9.17, 15) is 0 Å². The van der Waals surface area contributed by atoms with Crippen LogP contribution in [0.3, 0.4) is 0 Å². The Labute approximate surface area is 149 Å². The fourth-order valence-electron chi connectivity index (χ4n) is 2.90. The van der Waals surface area contributed by atoms with Gasteiger partial charge >= 0.3 is 0 Å². The topological polar surface area (TPSA) is 0 Å². The molecule has 0 aromatic heterocycles.